The third kappa shape index (κ3) is 6.04. The van der Waals surface area contributed by atoms with Gasteiger partial charge in [-0.3, -0.25) is 0 Å². The van der Waals surface area contributed by atoms with E-state index >= 15 is 0 Å². The van der Waals surface area contributed by atoms with Gasteiger partial charge in [0.25, 0.3) is 0 Å². The molecular formula is C17H29NO2. The van der Waals surface area contributed by atoms with Crippen LogP contribution in [-0.2, 0) is 15.9 Å². The molecule has 0 aliphatic carbocycles. The van der Waals surface area contributed by atoms with Gasteiger partial charge in [-0.05, 0) is 38.3 Å². The monoisotopic (exact) mass is 279 g/mol. The highest BCUT2D eigenvalue weighted by molar-refractivity contribution is 5.24. The molecule has 0 fully saturated rings. The smallest absolute Gasteiger partial charge is 0.158 e. The summed E-state index contributed by atoms with van der Waals surface area (Å²) in [5.41, 5.74) is 2.71. The number of nitrogens with one attached hydrogen (secondary N) is 1. The summed E-state index contributed by atoms with van der Waals surface area (Å²) in [6.45, 7) is 10.6. The SMILES string of the molecule is CCOC(CCNC(C)c1ccc(CC)cc1)OCC. The highest BCUT2D eigenvalue weighted by Gasteiger charge is 2.09. The fraction of sp³-hybridized carbons (Fsp3) is 0.647. The van der Waals surface area contributed by atoms with Crippen LogP contribution >= 0.6 is 0 Å². The zero-order valence-electron chi connectivity index (χ0n) is 13.3. The molecule has 1 aromatic rings. The van der Waals surface area contributed by atoms with Crippen molar-refractivity contribution in [3.63, 3.8) is 0 Å². The molecule has 3 nitrogen and oxygen atoms in total. The Kier molecular flexibility index (Phi) is 8.51. The first-order valence-corrected chi connectivity index (χ1v) is 7.76. The Hall–Kier alpha value is -0.900. The standard InChI is InChI=1S/C17H29NO2/c1-5-15-8-10-16(11-9-15)14(4)18-13-12-17(19-6-2)20-7-3/h8-11,14,17-18H,5-7,12-13H2,1-4H3. The predicted molar refractivity (Wildman–Crippen MR) is 83.9 cm³/mol. The largest absolute Gasteiger partial charge is 0.353 e. The van der Waals surface area contributed by atoms with Gasteiger partial charge in [0, 0.05) is 32.2 Å². The van der Waals surface area contributed by atoms with Crippen LogP contribution in [0.2, 0.25) is 0 Å². The first kappa shape index (κ1) is 17.2. The highest BCUT2D eigenvalue weighted by Crippen LogP contribution is 2.14. The molecule has 0 spiro atoms. The summed E-state index contributed by atoms with van der Waals surface area (Å²) in [6.07, 6.45) is 1.87. The minimum atomic E-state index is -0.0906. The van der Waals surface area contributed by atoms with Crippen molar-refractivity contribution >= 4 is 0 Å². The van der Waals surface area contributed by atoms with Gasteiger partial charge >= 0.3 is 0 Å². The molecule has 1 aromatic carbocycles. The maximum atomic E-state index is 5.54. The van der Waals surface area contributed by atoms with Crippen LogP contribution in [0.5, 0.6) is 0 Å². The number of hydrogen-bond acceptors (Lipinski definition) is 3. The molecule has 0 aliphatic rings. The normalized spacial score (nSPS) is 12.8. The lowest BCUT2D eigenvalue weighted by atomic mass is 10.0. The number of hydrogen-bond donors (Lipinski definition) is 1. The van der Waals surface area contributed by atoms with E-state index in [-0.39, 0.29) is 6.29 Å². The van der Waals surface area contributed by atoms with Crippen molar-refractivity contribution in [3.8, 4) is 0 Å². The molecule has 0 aromatic heterocycles. The zero-order chi connectivity index (χ0) is 14.8. The molecule has 0 saturated carbocycles. The molecule has 0 amide bonds. The summed E-state index contributed by atoms with van der Waals surface area (Å²) in [6, 6.07) is 9.18. The minimum Gasteiger partial charge on any atom is -0.353 e. The summed E-state index contributed by atoms with van der Waals surface area (Å²) < 4.78 is 11.1. The second-order valence-corrected chi connectivity index (χ2v) is 4.90. The Morgan fingerprint density at radius 3 is 2.10 bits per heavy atom. The lowest BCUT2D eigenvalue weighted by Gasteiger charge is -2.19. The van der Waals surface area contributed by atoms with Gasteiger partial charge < -0.3 is 14.8 Å². The lowest BCUT2D eigenvalue weighted by molar-refractivity contribution is -0.138. The van der Waals surface area contributed by atoms with E-state index in [4.69, 9.17) is 9.47 Å². The van der Waals surface area contributed by atoms with Crippen molar-refractivity contribution in [1.29, 1.82) is 0 Å². The van der Waals surface area contributed by atoms with Crippen LogP contribution in [0, 0.1) is 0 Å². The fourth-order valence-electron chi connectivity index (χ4n) is 2.16. The highest BCUT2D eigenvalue weighted by atomic mass is 16.7. The maximum Gasteiger partial charge on any atom is 0.158 e. The number of aryl methyl sites for hydroxylation is 1. The Morgan fingerprint density at radius 1 is 1.00 bits per heavy atom. The van der Waals surface area contributed by atoms with Crippen LogP contribution in [0.4, 0.5) is 0 Å². The molecule has 1 N–H and O–H groups in total. The molecule has 0 radical (unpaired) electrons. The van der Waals surface area contributed by atoms with E-state index in [1.54, 1.807) is 0 Å². The van der Waals surface area contributed by atoms with Gasteiger partial charge in [0.05, 0.1) is 0 Å². The average Bonchev–Trinajstić information content (AvgIpc) is 2.47. The van der Waals surface area contributed by atoms with Crippen LogP contribution in [0.1, 0.15) is 51.3 Å². The van der Waals surface area contributed by atoms with E-state index in [1.165, 1.54) is 11.1 Å². The summed E-state index contributed by atoms with van der Waals surface area (Å²) in [5.74, 6) is 0. The summed E-state index contributed by atoms with van der Waals surface area (Å²) >= 11 is 0. The van der Waals surface area contributed by atoms with Crippen LogP contribution in [0.25, 0.3) is 0 Å². The summed E-state index contributed by atoms with van der Waals surface area (Å²) in [5, 5.41) is 3.52. The molecule has 20 heavy (non-hydrogen) atoms. The zero-order valence-corrected chi connectivity index (χ0v) is 13.3. The summed E-state index contributed by atoms with van der Waals surface area (Å²) in [4.78, 5) is 0. The second kappa shape index (κ2) is 9.92. The van der Waals surface area contributed by atoms with Gasteiger partial charge in [0.1, 0.15) is 0 Å². The van der Waals surface area contributed by atoms with E-state index in [0.717, 1.165) is 19.4 Å². The first-order valence-electron chi connectivity index (χ1n) is 7.76. The molecule has 0 aliphatic heterocycles. The van der Waals surface area contributed by atoms with Gasteiger partial charge in [-0.2, -0.15) is 0 Å². The van der Waals surface area contributed by atoms with E-state index in [2.05, 4.69) is 43.4 Å². The van der Waals surface area contributed by atoms with E-state index < -0.39 is 0 Å². The van der Waals surface area contributed by atoms with Gasteiger partial charge in [-0.15, -0.1) is 0 Å². The fourth-order valence-corrected chi connectivity index (χ4v) is 2.16. The number of rotatable bonds is 10. The van der Waals surface area contributed by atoms with Crippen molar-refractivity contribution in [2.45, 2.75) is 52.9 Å². The van der Waals surface area contributed by atoms with Crippen LogP contribution in [-0.4, -0.2) is 26.0 Å². The van der Waals surface area contributed by atoms with Crippen LogP contribution in [0.15, 0.2) is 24.3 Å². The quantitative estimate of drug-likeness (QED) is 0.663. The van der Waals surface area contributed by atoms with E-state index in [0.29, 0.717) is 19.3 Å². The molecular weight excluding hydrogens is 250 g/mol. The molecule has 0 bridgehead atoms. The van der Waals surface area contributed by atoms with Crippen LogP contribution < -0.4 is 5.32 Å². The summed E-state index contributed by atoms with van der Waals surface area (Å²) in [7, 11) is 0. The van der Waals surface area contributed by atoms with Crippen molar-refractivity contribution in [2.24, 2.45) is 0 Å². The Balaban J connectivity index is 2.35. The minimum absolute atomic E-state index is 0.0906. The number of benzene rings is 1. The molecule has 1 rings (SSSR count). The van der Waals surface area contributed by atoms with Gasteiger partial charge in [-0.25, -0.2) is 0 Å². The number of ether oxygens (including phenoxy) is 2. The third-order valence-electron chi connectivity index (χ3n) is 3.42. The molecule has 0 saturated heterocycles. The van der Waals surface area contributed by atoms with Gasteiger partial charge in [-0.1, -0.05) is 31.2 Å². The molecule has 114 valence electrons. The topological polar surface area (TPSA) is 30.5 Å². The Labute approximate surface area is 123 Å². The van der Waals surface area contributed by atoms with Crippen LogP contribution in [0.3, 0.4) is 0 Å². The molecule has 1 atom stereocenters. The Bertz CT molecular complexity index is 345. The first-order chi connectivity index (χ1) is 9.71. The molecule has 3 heteroatoms. The van der Waals surface area contributed by atoms with Crippen molar-refractivity contribution < 1.29 is 9.47 Å². The predicted octanol–water partition coefficient (Wildman–Crippen LogP) is 3.69. The van der Waals surface area contributed by atoms with Crippen molar-refractivity contribution in [3.05, 3.63) is 35.4 Å². The molecule has 1 unspecified atom stereocenters. The van der Waals surface area contributed by atoms with Crippen molar-refractivity contribution in [2.75, 3.05) is 19.8 Å². The Morgan fingerprint density at radius 2 is 1.60 bits per heavy atom. The van der Waals surface area contributed by atoms with Gasteiger partial charge in [0.15, 0.2) is 6.29 Å². The lowest BCUT2D eigenvalue weighted by Crippen LogP contribution is -2.26. The van der Waals surface area contributed by atoms with Crippen molar-refractivity contribution in [1.82, 2.24) is 5.32 Å². The second-order valence-electron chi connectivity index (χ2n) is 4.90. The third-order valence-corrected chi connectivity index (χ3v) is 3.42. The maximum absolute atomic E-state index is 5.54. The van der Waals surface area contributed by atoms with E-state index in [9.17, 15) is 0 Å². The average molecular weight is 279 g/mol. The molecule has 0 heterocycles. The van der Waals surface area contributed by atoms with Gasteiger partial charge in [0.2, 0.25) is 0 Å². The van der Waals surface area contributed by atoms with E-state index in [1.807, 2.05) is 13.8 Å².